The number of ether oxygens (including phenoxy) is 2. The highest BCUT2D eigenvalue weighted by molar-refractivity contribution is 5.92. The number of nitriles is 1. The molecule has 0 bridgehead atoms. The van der Waals surface area contributed by atoms with Gasteiger partial charge in [0.1, 0.15) is 24.1 Å². The summed E-state index contributed by atoms with van der Waals surface area (Å²) in [7, 11) is 1.54. The Labute approximate surface area is 240 Å². The van der Waals surface area contributed by atoms with Crippen molar-refractivity contribution >= 4 is 17.0 Å². The normalized spacial score (nSPS) is 11.0. The first-order chi connectivity index (χ1) is 20.4. The number of hydrogen-bond acceptors (Lipinski definition) is 6. The van der Waals surface area contributed by atoms with Crippen LogP contribution in [0.5, 0.6) is 5.88 Å². The van der Waals surface area contributed by atoms with Crippen LogP contribution in [0.4, 0.5) is 8.78 Å². The molecule has 8 nitrogen and oxygen atoms in total. The molecule has 212 valence electrons. The SMILES string of the molecule is COCCn1c(Cc2cc(F)c(-c3cccc(OCc4ccc(CC#N)cc4)n3)cc2F)nc2ccc(C(=O)O)cc21. The summed E-state index contributed by atoms with van der Waals surface area (Å²) in [4.78, 5) is 20.4. The number of rotatable bonds is 11. The third-order valence-corrected chi connectivity index (χ3v) is 6.77. The smallest absolute Gasteiger partial charge is 0.335 e. The maximum absolute atomic E-state index is 15.4. The van der Waals surface area contributed by atoms with Crippen molar-refractivity contribution in [2.45, 2.75) is 26.0 Å². The molecule has 2 aromatic heterocycles. The summed E-state index contributed by atoms with van der Waals surface area (Å²) >= 11 is 0. The van der Waals surface area contributed by atoms with Crippen molar-refractivity contribution in [1.82, 2.24) is 14.5 Å². The van der Waals surface area contributed by atoms with Crippen molar-refractivity contribution in [3.05, 3.63) is 113 Å². The van der Waals surface area contributed by atoms with E-state index >= 15 is 8.78 Å². The summed E-state index contributed by atoms with van der Waals surface area (Å²) < 4.78 is 43.5. The van der Waals surface area contributed by atoms with E-state index < -0.39 is 17.6 Å². The fourth-order valence-electron chi connectivity index (χ4n) is 4.61. The van der Waals surface area contributed by atoms with Gasteiger partial charge in [-0.15, -0.1) is 0 Å². The lowest BCUT2D eigenvalue weighted by Crippen LogP contribution is -2.10. The van der Waals surface area contributed by atoms with Gasteiger partial charge in [0.05, 0.1) is 41.4 Å². The highest BCUT2D eigenvalue weighted by Gasteiger charge is 2.18. The molecule has 0 saturated carbocycles. The minimum atomic E-state index is -1.07. The van der Waals surface area contributed by atoms with Gasteiger partial charge >= 0.3 is 5.97 Å². The number of aromatic carboxylic acids is 1. The Hall–Kier alpha value is -5.14. The van der Waals surface area contributed by atoms with E-state index in [9.17, 15) is 9.90 Å². The molecule has 1 N–H and O–H groups in total. The van der Waals surface area contributed by atoms with Crippen LogP contribution < -0.4 is 4.74 Å². The minimum absolute atomic E-state index is 0.0125. The monoisotopic (exact) mass is 568 g/mol. The van der Waals surface area contributed by atoms with Gasteiger partial charge in [0.2, 0.25) is 5.88 Å². The molecule has 0 atom stereocenters. The first kappa shape index (κ1) is 28.4. The van der Waals surface area contributed by atoms with Crippen LogP contribution in [0.3, 0.4) is 0 Å². The average Bonchev–Trinajstić information content (AvgIpc) is 3.33. The topological polar surface area (TPSA) is 110 Å². The second-order valence-corrected chi connectivity index (χ2v) is 9.58. The molecule has 3 aromatic carbocycles. The van der Waals surface area contributed by atoms with Crippen LogP contribution >= 0.6 is 0 Å². The van der Waals surface area contributed by atoms with E-state index in [0.29, 0.717) is 36.4 Å². The van der Waals surface area contributed by atoms with Gasteiger partial charge in [-0.3, -0.25) is 0 Å². The molecule has 0 fully saturated rings. The zero-order chi connectivity index (χ0) is 29.6. The largest absolute Gasteiger partial charge is 0.478 e. The number of aromatic nitrogens is 3. The summed E-state index contributed by atoms with van der Waals surface area (Å²) in [5.41, 5.74) is 3.29. The number of pyridine rings is 1. The molecule has 5 aromatic rings. The van der Waals surface area contributed by atoms with Crippen LogP contribution in [0.15, 0.2) is 72.8 Å². The Bertz CT molecular complexity index is 1800. The molecule has 0 aliphatic heterocycles. The fraction of sp³-hybridized carbons (Fsp3) is 0.188. The van der Waals surface area contributed by atoms with Gasteiger partial charge in [-0.1, -0.05) is 30.3 Å². The van der Waals surface area contributed by atoms with E-state index in [1.807, 2.05) is 24.3 Å². The van der Waals surface area contributed by atoms with E-state index in [4.69, 9.17) is 14.7 Å². The van der Waals surface area contributed by atoms with Gasteiger partial charge in [0.25, 0.3) is 0 Å². The number of hydrogen-bond donors (Lipinski definition) is 1. The number of fused-ring (bicyclic) bond motifs is 1. The molecule has 42 heavy (non-hydrogen) atoms. The quantitative estimate of drug-likeness (QED) is 0.209. The predicted molar refractivity (Wildman–Crippen MR) is 151 cm³/mol. The van der Waals surface area contributed by atoms with E-state index in [1.165, 1.54) is 19.2 Å². The standard InChI is InChI=1S/C32H26F2N4O4/c1-41-14-13-38-29-16-22(32(39)40)9-10-28(29)36-30(38)17-23-15-26(34)24(18-25(23)33)27-3-2-4-31(37-27)42-19-21-7-5-20(6-8-21)11-12-35/h2-10,15-16,18H,11,13-14,17,19H2,1H3,(H,39,40). The molecule has 0 radical (unpaired) electrons. The van der Waals surface area contributed by atoms with Crippen LogP contribution in [-0.2, 0) is 30.7 Å². The second-order valence-electron chi connectivity index (χ2n) is 9.58. The third-order valence-electron chi connectivity index (χ3n) is 6.77. The number of methoxy groups -OCH3 is 1. The Morgan fingerprint density at radius 1 is 1.00 bits per heavy atom. The number of benzene rings is 3. The summed E-state index contributed by atoms with van der Waals surface area (Å²) in [6.45, 7) is 0.896. The lowest BCUT2D eigenvalue weighted by molar-refractivity contribution is 0.0697. The van der Waals surface area contributed by atoms with E-state index in [2.05, 4.69) is 16.0 Å². The van der Waals surface area contributed by atoms with Crippen LogP contribution in [0.25, 0.3) is 22.3 Å². The molecule has 5 rings (SSSR count). The zero-order valence-electron chi connectivity index (χ0n) is 22.7. The molecular formula is C32H26F2N4O4. The Morgan fingerprint density at radius 3 is 2.52 bits per heavy atom. The van der Waals surface area contributed by atoms with Gasteiger partial charge in [0, 0.05) is 31.7 Å². The van der Waals surface area contributed by atoms with Crippen molar-refractivity contribution in [2.75, 3.05) is 13.7 Å². The highest BCUT2D eigenvalue weighted by Crippen LogP contribution is 2.28. The molecule has 2 heterocycles. The first-order valence-electron chi connectivity index (χ1n) is 13.1. The van der Waals surface area contributed by atoms with Crippen molar-refractivity contribution in [3.8, 4) is 23.2 Å². The zero-order valence-corrected chi connectivity index (χ0v) is 22.7. The molecule has 10 heteroatoms. The van der Waals surface area contributed by atoms with Crippen molar-refractivity contribution in [1.29, 1.82) is 5.26 Å². The number of carboxylic acid groups (broad SMARTS) is 1. The van der Waals surface area contributed by atoms with E-state index in [1.54, 1.807) is 28.8 Å². The molecule has 0 saturated heterocycles. The van der Waals surface area contributed by atoms with E-state index in [0.717, 1.165) is 23.3 Å². The molecule has 0 aliphatic rings. The number of imidazole rings is 1. The highest BCUT2D eigenvalue weighted by atomic mass is 19.1. The lowest BCUT2D eigenvalue weighted by Gasteiger charge is -2.12. The third kappa shape index (κ3) is 6.27. The maximum atomic E-state index is 15.4. The minimum Gasteiger partial charge on any atom is -0.478 e. The van der Waals surface area contributed by atoms with Crippen molar-refractivity contribution < 1.29 is 28.2 Å². The van der Waals surface area contributed by atoms with Crippen LogP contribution in [0.1, 0.15) is 32.9 Å². The van der Waals surface area contributed by atoms with Gasteiger partial charge in [0.15, 0.2) is 0 Å². The Morgan fingerprint density at radius 2 is 1.79 bits per heavy atom. The van der Waals surface area contributed by atoms with E-state index in [-0.39, 0.29) is 41.3 Å². The number of halogens is 2. The fourth-order valence-corrected chi connectivity index (χ4v) is 4.61. The summed E-state index contributed by atoms with van der Waals surface area (Å²) in [5.74, 6) is -1.66. The molecular weight excluding hydrogens is 542 g/mol. The second kappa shape index (κ2) is 12.6. The Kier molecular flexibility index (Phi) is 8.50. The number of carbonyl (C=O) groups is 1. The van der Waals surface area contributed by atoms with Gasteiger partial charge < -0.3 is 19.1 Å². The number of nitrogens with zero attached hydrogens (tertiary/aromatic N) is 4. The number of carboxylic acids is 1. The molecule has 0 amide bonds. The average molecular weight is 569 g/mol. The van der Waals surface area contributed by atoms with Gasteiger partial charge in [-0.05, 0) is 53.1 Å². The first-order valence-corrected chi connectivity index (χ1v) is 13.1. The van der Waals surface area contributed by atoms with Crippen LogP contribution in [0, 0.1) is 23.0 Å². The van der Waals surface area contributed by atoms with Gasteiger partial charge in [-0.2, -0.15) is 5.26 Å². The summed E-state index contributed by atoms with van der Waals surface area (Å²) in [6.07, 6.45) is 0.306. The van der Waals surface area contributed by atoms with Crippen molar-refractivity contribution in [3.63, 3.8) is 0 Å². The molecule has 0 spiro atoms. The maximum Gasteiger partial charge on any atom is 0.335 e. The summed E-state index contributed by atoms with van der Waals surface area (Å²) in [5, 5.41) is 18.2. The lowest BCUT2D eigenvalue weighted by atomic mass is 10.0. The predicted octanol–water partition coefficient (Wildman–Crippen LogP) is 5.96. The van der Waals surface area contributed by atoms with Gasteiger partial charge in [-0.25, -0.2) is 23.5 Å². The summed E-state index contributed by atoms with van der Waals surface area (Å²) in [6, 6.07) is 21.2. The molecule has 0 aliphatic carbocycles. The Balaban J connectivity index is 1.38. The van der Waals surface area contributed by atoms with Crippen molar-refractivity contribution in [2.24, 2.45) is 0 Å². The molecule has 0 unspecified atom stereocenters. The van der Waals surface area contributed by atoms with Crippen LogP contribution in [0.2, 0.25) is 0 Å². The van der Waals surface area contributed by atoms with Crippen LogP contribution in [-0.4, -0.2) is 39.3 Å².